The highest BCUT2D eigenvalue weighted by atomic mass is 35.5. The molecule has 7 nitrogen and oxygen atoms in total. The predicted molar refractivity (Wildman–Crippen MR) is 131 cm³/mol. The van der Waals surface area contributed by atoms with Gasteiger partial charge in [0.2, 0.25) is 0 Å². The van der Waals surface area contributed by atoms with Crippen LogP contribution in [0.2, 0.25) is 5.02 Å². The molecular formula is C24H32ClN5O2. The molecule has 1 aliphatic rings. The molecular weight excluding hydrogens is 426 g/mol. The van der Waals surface area contributed by atoms with Gasteiger partial charge in [-0.05, 0) is 37.6 Å². The second kappa shape index (κ2) is 11.9. The van der Waals surface area contributed by atoms with Crippen molar-refractivity contribution in [1.82, 2.24) is 15.2 Å². The molecule has 0 atom stereocenters. The smallest absolute Gasteiger partial charge is 0.254 e. The topological polar surface area (TPSA) is 71.4 Å². The van der Waals surface area contributed by atoms with E-state index in [0.29, 0.717) is 12.1 Å². The number of nitrogens with one attached hydrogen (secondary N) is 1. The van der Waals surface area contributed by atoms with Crippen LogP contribution in [0.3, 0.4) is 0 Å². The van der Waals surface area contributed by atoms with Crippen LogP contribution in [0.15, 0.2) is 47.6 Å². The molecule has 1 amide bonds. The van der Waals surface area contributed by atoms with Crippen molar-refractivity contribution < 1.29 is 9.90 Å². The van der Waals surface area contributed by atoms with E-state index in [-0.39, 0.29) is 11.7 Å². The number of hydrazone groups is 1. The maximum absolute atomic E-state index is 12.3. The Kier molecular flexibility index (Phi) is 8.90. The normalized spacial score (nSPS) is 15.2. The molecule has 2 N–H and O–H groups in total. The first-order valence-electron chi connectivity index (χ1n) is 11.1. The third-order valence-corrected chi connectivity index (χ3v) is 6.09. The van der Waals surface area contributed by atoms with E-state index in [1.165, 1.54) is 6.21 Å². The maximum Gasteiger partial charge on any atom is 0.254 e. The summed E-state index contributed by atoms with van der Waals surface area (Å²) in [6.45, 7) is 10.4. The highest BCUT2D eigenvalue weighted by Crippen LogP contribution is 2.23. The first kappa shape index (κ1) is 24.0. The molecule has 0 bridgehead atoms. The second-order valence-corrected chi connectivity index (χ2v) is 8.26. The molecule has 3 rings (SSSR count). The second-order valence-electron chi connectivity index (χ2n) is 7.85. The number of nitrogens with zero attached hydrogens (tertiary/aromatic N) is 4. The molecule has 0 spiro atoms. The number of aromatic hydroxyl groups is 1. The van der Waals surface area contributed by atoms with Gasteiger partial charge in [0.1, 0.15) is 5.75 Å². The van der Waals surface area contributed by atoms with E-state index in [9.17, 15) is 9.90 Å². The third-order valence-electron chi connectivity index (χ3n) is 5.72. The number of carbonyl (C=O) groups excluding carboxylic acids is 1. The Hall–Kier alpha value is -2.61. The van der Waals surface area contributed by atoms with Gasteiger partial charge in [-0.3, -0.25) is 14.6 Å². The molecule has 0 aromatic heterocycles. The van der Waals surface area contributed by atoms with Gasteiger partial charge in [0.25, 0.3) is 5.91 Å². The molecule has 32 heavy (non-hydrogen) atoms. The van der Waals surface area contributed by atoms with Crippen LogP contribution in [0.25, 0.3) is 0 Å². The zero-order chi connectivity index (χ0) is 22.9. The minimum atomic E-state index is -0.167. The average Bonchev–Trinajstić information content (AvgIpc) is 2.79. The van der Waals surface area contributed by atoms with Crippen molar-refractivity contribution in [3.8, 4) is 5.75 Å². The van der Waals surface area contributed by atoms with E-state index >= 15 is 0 Å². The molecule has 0 radical (unpaired) electrons. The lowest BCUT2D eigenvalue weighted by molar-refractivity contribution is -0.122. The summed E-state index contributed by atoms with van der Waals surface area (Å²) in [5, 5.41) is 15.1. The molecule has 0 unspecified atom stereocenters. The zero-order valence-electron chi connectivity index (χ0n) is 18.8. The van der Waals surface area contributed by atoms with Crippen LogP contribution < -0.4 is 10.3 Å². The summed E-state index contributed by atoms with van der Waals surface area (Å²) in [5.74, 6) is -0.0258. The van der Waals surface area contributed by atoms with Crippen LogP contribution in [0.5, 0.6) is 5.75 Å². The lowest BCUT2D eigenvalue weighted by Gasteiger charge is -2.34. The number of piperazine rings is 1. The van der Waals surface area contributed by atoms with Crippen LogP contribution >= 0.6 is 11.6 Å². The van der Waals surface area contributed by atoms with Crippen LogP contribution in [0.4, 0.5) is 5.69 Å². The van der Waals surface area contributed by atoms with Gasteiger partial charge in [0, 0.05) is 68.2 Å². The van der Waals surface area contributed by atoms with E-state index in [2.05, 4.69) is 45.1 Å². The Balaban J connectivity index is 1.43. The molecule has 2 aromatic carbocycles. The maximum atomic E-state index is 12.3. The van der Waals surface area contributed by atoms with Gasteiger partial charge in [-0.25, -0.2) is 5.43 Å². The molecule has 0 aliphatic carbocycles. The Morgan fingerprint density at radius 3 is 2.47 bits per heavy atom. The fraction of sp³-hybridized carbons (Fsp3) is 0.417. The number of halogens is 1. The number of carbonyl (C=O) groups is 1. The van der Waals surface area contributed by atoms with Crippen LogP contribution in [0, 0.1) is 0 Å². The average molecular weight is 458 g/mol. The molecule has 0 saturated carbocycles. The Labute approximate surface area is 195 Å². The van der Waals surface area contributed by atoms with Gasteiger partial charge in [0.15, 0.2) is 0 Å². The lowest BCUT2D eigenvalue weighted by atomic mass is 10.2. The molecule has 2 aromatic rings. The number of rotatable bonds is 9. The minimum Gasteiger partial charge on any atom is -0.507 e. The van der Waals surface area contributed by atoms with Crippen LogP contribution in [-0.2, 0) is 11.3 Å². The predicted octanol–water partition coefficient (Wildman–Crippen LogP) is 3.16. The fourth-order valence-electron chi connectivity index (χ4n) is 3.81. The van der Waals surface area contributed by atoms with Crippen molar-refractivity contribution in [2.24, 2.45) is 5.10 Å². The third kappa shape index (κ3) is 6.69. The molecule has 1 fully saturated rings. The Morgan fingerprint density at radius 1 is 1.12 bits per heavy atom. The standard InChI is InChI=1S/C24H32ClN5O2/c1-3-30(4-2)21-10-9-19(23(31)15-21)16-26-27-24(32)18-29-13-11-28(12-14-29)17-20-7-5-6-8-22(20)25/h5-10,15-16,31H,3-4,11-14,17-18H2,1-2H3,(H,27,32)/b26-16-. The van der Waals surface area contributed by atoms with E-state index in [1.807, 2.05) is 24.3 Å². The van der Waals surface area contributed by atoms with E-state index in [0.717, 1.165) is 62.1 Å². The number of hydrogen-bond donors (Lipinski definition) is 2. The van der Waals surface area contributed by atoms with Gasteiger partial charge < -0.3 is 10.0 Å². The summed E-state index contributed by atoms with van der Waals surface area (Å²) in [5.41, 5.74) is 5.21. The van der Waals surface area contributed by atoms with Crippen molar-refractivity contribution in [1.29, 1.82) is 0 Å². The largest absolute Gasteiger partial charge is 0.507 e. The zero-order valence-corrected chi connectivity index (χ0v) is 19.6. The summed E-state index contributed by atoms with van der Waals surface area (Å²) >= 11 is 6.26. The first-order chi connectivity index (χ1) is 15.5. The highest BCUT2D eigenvalue weighted by Gasteiger charge is 2.19. The summed E-state index contributed by atoms with van der Waals surface area (Å²) < 4.78 is 0. The summed E-state index contributed by atoms with van der Waals surface area (Å²) in [6, 6.07) is 13.4. The summed E-state index contributed by atoms with van der Waals surface area (Å²) in [6.07, 6.45) is 1.47. The highest BCUT2D eigenvalue weighted by molar-refractivity contribution is 6.31. The van der Waals surface area contributed by atoms with Crippen molar-refractivity contribution in [2.75, 3.05) is 50.7 Å². The van der Waals surface area contributed by atoms with Gasteiger partial charge in [-0.15, -0.1) is 0 Å². The van der Waals surface area contributed by atoms with E-state index < -0.39 is 0 Å². The van der Waals surface area contributed by atoms with Gasteiger partial charge in [-0.1, -0.05) is 29.8 Å². The Morgan fingerprint density at radius 2 is 1.81 bits per heavy atom. The number of hydrogen-bond acceptors (Lipinski definition) is 6. The summed E-state index contributed by atoms with van der Waals surface area (Å²) in [4.78, 5) is 18.9. The van der Waals surface area contributed by atoms with Crippen LogP contribution in [-0.4, -0.2) is 72.8 Å². The van der Waals surface area contributed by atoms with E-state index in [1.54, 1.807) is 12.1 Å². The van der Waals surface area contributed by atoms with E-state index in [4.69, 9.17) is 11.6 Å². The van der Waals surface area contributed by atoms with Crippen molar-refractivity contribution >= 4 is 29.4 Å². The molecule has 8 heteroatoms. The van der Waals surface area contributed by atoms with Crippen LogP contribution in [0.1, 0.15) is 25.0 Å². The first-order valence-corrected chi connectivity index (χ1v) is 11.5. The Bertz CT molecular complexity index is 924. The number of phenols is 1. The molecule has 172 valence electrons. The number of amides is 1. The van der Waals surface area contributed by atoms with Crippen molar-refractivity contribution in [2.45, 2.75) is 20.4 Å². The SMILES string of the molecule is CCN(CC)c1ccc(/C=N\NC(=O)CN2CCN(Cc3ccccc3Cl)CC2)c(O)c1. The fourth-order valence-corrected chi connectivity index (χ4v) is 4.01. The quantitative estimate of drug-likeness (QED) is 0.447. The number of phenolic OH excluding ortho intramolecular Hbond substituents is 1. The lowest BCUT2D eigenvalue weighted by Crippen LogP contribution is -2.48. The molecule has 1 aliphatic heterocycles. The number of benzene rings is 2. The van der Waals surface area contributed by atoms with Gasteiger partial charge >= 0.3 is 0 Å². The van der Waals surface area contributed by atoms with Crippen molar-refractivity contribution in [3.63, 3.8) is 0 Å². The van der Waals surface area contributed by atoms with Crippen molar-refractivity contribution in [3.05, 3.63) is 58.6 Å². The van der Waals surface area contributed by atoms with Gasteiger partial charge in [-0.2, -0.15) is 5.10 Å². The number of anilines is 1. The minimum absolute atomic E-state index is 0.141. The molecule has 1 saturated heterocycles. The monoisotopic (exact) mass is 457 g/mol. The summed E-state index contributed by atoms with van der Waals surface area (Å²) in [7, 11) is 0. The van der Waals surface area contributed by atoms with Gasteiger partial charge in [0.05, 0.1) is 12.8 Å². The molecule has 1 heterocycles.